The number of nitrogens with zero attached hydrogens (tertiary/aromatic N) is 3. The van der Waals surface area contributed by atoms with Gasteiger partial charge in [-0.3, -0.25) is 0 Å². The molecule has 1 aromatic heterocycles. The Morgan fingerprint density at radius 2 is 2.19 bits per heavy atom. The Bertz CT molecular complexity index is 525. The molecule has 6 heteroatoms. The zero-order valence-electron chi connectivity index (χ0n) is 8.41. The van der Waals surface area contributed by atoms with Crippen molar-refractivity contribution in [2.45, 2.75) is 12.8 Å². The maximum Gasteiger partial charge on any atom is 0.148 e. The molecule has 0 unspecified atom stereocenters. The normalized spacial score (nSPS) is 10.8. The van der Waals surface area contributed by atoms with Crippen LogP contribution in [-0.2, 0) is 5.88 Å². The number of halogens is 3. The first-order valence-corrected chi connectivity index (χ1v) is 5.47. The van der Waals surface area contributed by atoms with Gasteiger partial charge in [0.1, 0.15) is 17.5 Å². The summed E-state index contributed by atoms with van der Waals surface area (Å²) in [5, 5.41) is 4.21. The molecular formula is C10H8Cl2FN3. The molecule has 0 saturated heterocycles. The largest absolute Gasteiger partial charge is 0.216 e. The van der Waals surface area contributed by atoms with Gasteiger partial charge in [0.2, 0.25) is 0 Å². The summed E-state index contributed by atoms with van der Waals surface area (Å²) < 4.78 is 14.8. The standard InChI is InChI=1S/C10H8Cl2FN3/c1-6-14-10(5-11)16(15-6)7-2-3-8(12)9(13)4-7/h2-4H,5H2,1H3. The number of benzene rings is 1. The summed E-state index contributed by atoms with van der Waals surface area (Å²) in [5.74, 6) is 0.880. The topological polar surface area (TPSA) is 30.7 Å². The molecule has 0 radical (unpaired) electrons. The maximum absolute atomic E-state index is 13.3. The van der Waals surface area contributed by atoms with Gasteiger partial charge in [-0.2, -0.15) is 5.10 Å². The van der Waals surface area contributed by atoms with Gasteiger partial charge in [-0.15, -0.1) is 11.6 Å². The van der Waals surface area contributed by atoms with Gasteiger partial charge in [0, 0.05) is 6.07 Å². The lowest BCUT2D eigenvalue weighted by molar-refractivity contribution is 0.625. The summed E-state index contributed by atoms with van der Waals surface area (Å²) in [6.07, 6.45) is 0. The molecule has 0 bridgehead atoms. The molecule has 3 nitrogen and oxygen atoms in total. The van der Waals surface area contributed by atoms with Gasteiger partial charge in [-0.1, -0.05) is 11.6 Å². The first-order valence-electron chi connectivity index (χ1n) is 4.55. The van der Waals surface area contributed by atoms with Crippen molar-refractivity contribution in [3.05, 3.63) is 40.7 Å². The van der Waals surface area contributed by atoms with Crippen LogP contribution in [-0.4, -0.2) is 14.8 Å². The van der Waals surface area contributed by atoms with Crippen LogP contribution in [0.25, 0.3) is 5.69 Å². The first-order chi connectivity index (χ1) is 7.61. The third-order valence-electron chi connectivity index (χ3n) is 2.05. The average molecular weight is 260 g/mol. The van der Waals surface area contributed by atoms with Gasteiger partial charge < -0.3 is 0 Å². The van der Waals surface area contributed by atoms with E-state index < -0.39 is 5.82 Å². The van der Waals surface area contributed by atoms with Crippen molar-refractivity contribution in [1.29, 1.82) is 0 Å². The van der Waals surface area contributed by atoms with Crippen LogP contribution in [0.4, 0.5) is 4.39 Å². The second-order valence-corrected chi connectivity index (χ2v) is 3.89. The predicted molar refractivity (Wildman–Crippen MR) is 60.6 cm³/mol. The van der Waals surface area contributed by atoms with Crippen molar-refractivity contribution in [3.8, 4) is 5.69 Å². The number of hydrogen-bond donors (Lipinski definition) is 0. The Hall–Kier alpha value is -1.13. The number of hydrogen-bond acceptors (Lipinski definition) is 2. The van der Waals surface area contributed by atoms with Crippen LogP contribution in [0, 0.1) is 12.7 Å². The fraction of sp³-hybridized carbons (Fsp3) is 0.200. The lowest BCUT2D eigenvalue weighted by Gasteiger charge is -2.04. The molecule has 0 fully saturated rings. The van der Waals surface area contributed by atoms with Crippen molar-refractivity contribution >= 4 is 23.2 Å². The summed E-state index contributed by atoms with van der Waals surface area (Å²) in [6, 6.07) is 4.43. The fourth-order valence-electron chi connectivity index (χ4n) is 1.37. The molecule has 84 valence electrons. The van der Waals surface area contributed by atoms with E-state index in [1.807, 2.05) is 0 Å². The predicted octanol–water partition coefficient (Wildman–Crippen LogP) is 3.11. The second kappa shape index (κ2) is 4.39. The summed E-state index contributed by atoms with van der Waals surface area (Å²) >= 11 is 11.3. The van der Waals surface area contributed by atoms with Gasteiger partial charge in [0.15, 0.2) is 0 Å². The van der Waals surface area contributed by atoms with Gasteiger partial charge in [-0.25, -0.2) is 14.1 Å². The molecule has 1 aromatic carbocycles. The highest BCUT2D eigenvalue weighted by molar-refractivity contribution is 6.30. The number of rotatable bonds is 2. The third-order valence-corrected chi connectivity index (χ3v) is 2.59. The van der Waals surface area contributed by atoms with Gasteiger partial charge in [0.05, 0.1) is 16.6 Å². The highest BCUT2D eigenvalue weighted by Gasteiger charge is 2.10. The Morgan fingerprint density at radius 1 is 1.44 bits per heavy atom. The highest BCUT2D eigenvalue weighted by atomic mass is 35.5. The second-order valence-electron chi connectivity index (χ2n) is 3.22. The number of alkyl halides is 1. The summed E-state index contributed by atoms with van der Waals surface area (Å²) in [6.45, 7) is 1.75. The van der Waals surface area contributed by atoms with E-state index in [1.54, 1.807) is 13.0 Å². The van der Waals surface area contributed by atoms with E-state index in [2.05, 4.69) is 10.1 Å². The Balaban J connectivity index is 2.53. The van der Waals surface area contributed by atoms with E-state index in [0.717, 1.165) is 0 Å². The monoisotopic (exact) mass is 259 g/mol. The van der Waals surface area contributed by atoms with E-state index >= 15 is 0 Å². The Labute approximate surface area is 102 Å². The van der Waals surface area contributed by atoms with E-state index in [4.69, 9.17) is 23.2 Å². The molecule has 0 aliphatic carbocycles. The van der Waals surface area contributed by atoms with Crippen molar-refractivity contribution < 1.29 is 4.39 Å². The van der Waals surface area contributed by atoms with Crippen LogP contribution in [0.1, 0.15) is 11.6 Å². The number of aryl methyl sites for hydroxylation is 1. The molecule has 0 saturated carbocycles. The molecule has 1 heterocycles. The summed E-state index contributed by atoms with van der Waals surface area (Å²) in [4.78, 5) is 4.12. The van der Waals surface area contributed by atoms with Crippen LogP contribution in [0.15, 0.2) is 18.2 Å². The third kappa shape index (κ3) is 2.03. The molecule has 0 amide bonds. The zero-order valence-corrected chi connectivity index (χ0v) is 9.93. The van der Waals surface area contributed by atoms with E-state index in [-0.39, 0.29) is 10.9 Å². The average Bonchev–Trinajstić information content (AvgIpc) is 2.63. The molecule has 0 spiro atoms. The molecular weight excluding hydrogens is 252 g/mol. The Kier molecular flexibility index (Phi) is 3.12. The van der Waals surface area contributed by atoms with E-state index in [1.165, 1.54) is 16.8 Å². The lowest BCUT2D eigenvalue weighted by atomic mass is 10.3. The van der Waals surface area contributed by atoms with Crippen LogP contribution < -0.4 is 0 Å². The minimum Gasteiger partial charge on any atom is -0.216 e. The molecule has 2 aromatic rings. The van der Waals surface area contributed by atoms with Crippen LogP contribution in [0.3, 0.4) is 0 Å². The molecule has 2 rings (SSSR count). The minimum atomic E-state index is -0.493. The van der Waals surface area contributed by atoms with Crippen molar-refractivity contribution in [2.24, 2.45) is 0 Å². The number of aromatic nitrogens is 3. The molecule has 0 aliphatic rings. The molecule has 16 heavy (non-hydrogen) atoms. The quantitative estimate of drug-likeness (QED) is 0.777. The van der Waals surface area contributed by atoms with E-state index in [0.29, 0.717) is 17.3 Å². The van der Waals surface area contributed by atoms with Crippen LogP contribution in [0.2, 0.25) is 5.02 Å². The SMILES string of the molecule is Cc1nc(CCl)n(-c2ccc(Cl)c(F)c2)n1. The van der Waals surface area contributed by atoms with Gasteiger partial charge >= 0.3 is 0 Å². The summed E-state index contributed by atoms with van der Waals surface area (Å²) in [5.41, 5.74) is 0.554. The lowest BCUT2D eigenvalue weighted by Crippen LogP contribution is -2.01. The van der Waals surface area contributed by atoms with Gasteiger partial charge in [-0.05, 0) is 19.1 Å². The van der Waals surface area contributed by atoms with Gasteiger partial charge in [0.25, 0.3) is 0 Å². The van der Waals surface area contributed by atoms with E-state index in [9.17, 15) is 4.39 Å². The highest BCUT2D eigenvalue weighted by Crippen LogP contribution is 2.19. The van der Waals surface area contributed by atoms with Crippen molar-refractivity contribution in [1.82, 2.24) is 14.8 Å². The molecule has 0 aliphatic heterocycles. The fourth-order valence-corrected chi connectivity index (χ4v) is 1.66. The molecule has 0 atom stereocenters. The van der Waals surface area contributed by atoms with Crippen LogP contribution >= 0.6 is 23.2 Å². The van der Waals surface area contributed by atoms with Crippen LogP contribution in [0.5, 0.6) is 0 Å². The van der Waals surface area contributed by atoms with Crippen molar-refractivity contribution in [3.63, 3.8) is 0 Å². The van der Waals surface area contributed by atoms with Crippen molar-refractivity contribution in [2.75, 3.05) is 0 Å². The zero-order chi connectivity index (χ0) is 11.7. The maximum atomic E-state index is 13.3. The first kappa shape index (κ1) is 11.4. The Morgan fingerprint density at radius 3 is 2.81 bits per heavy atom. The smallest absolute Gasteiger partial charge is 0.148 e. The molecule has 0 N–H and O–H groups in total. The summed E-state index contributed by atoms with van der Waals surface area (Å²) in [7, 11) is 0. The minimum absolute atomic E-state index is 0.0769.